The standard InChI is InChI=1S/C7H13FO2/c1-7(2,3)5(8)6(9)10-4/h5H,1-4H3. The number of carbonyl (C=O) groups excluding carboxylic acids is 1. The van der Waals surface area contributed by atoms with Crippen molar-refractivity contribution in [2.45, 2.75) is 26.9 Å². The summed E-state index contributed by atoms with van der Waals surface area (Å²) in [5, 5.41) is 0. The Labute approximate surface area is 60.4 Å². The molecule has 0 bridgehead atoms. The Morgan fingerprint density at radius 3 is 2.00 bits per heavy atom. The second-order valence-corrected chi connectivity index (χ2v) is 3.25. The summed E-state index contributed by atoms with van der Waals surface area (Å²) >= 11 is 0. The number of halogens is 1. The van der Waals surface area contributed by atoms with Crippen LogP contribution in [0.4, 0.5) is 4.39 Å². The molecule has 1 atom stereocenters. The molecule has 60 valence electrons. The normalized spacial score (nSPS) is 14.5. The quantitative estimate of drug-likeness (QED) is 0.527. The highest BCUT2D eigenvalue weighted by Crippen LogP contribution is 2.22. The van der Waals surface area contributed by atoms with E-state index in [1.54, 1.807) is 20.8 Å². The maximum absolute atomic E-state index is 12.8. The molecule has 0 aliphatic carbocycles. The Hall–Kier alpha value is -0.600. The highest BCUT2D eigenvalue weighted by molar-refractivity contribution is 5.75. The topological polar surface area (TPSA) is 26.3 Å². The van der Waals surface area contributed by atoms with Crippen LogP contribution in [0.2, 0.25) is 0 Å². The Morgan fingerprint density at radius 1 is 1.50 bits per heavy atom. The van der Waals surface area contributed by atoms with Gasteiger partial charge in [0.2, 0.25) is 6.17 Å². The molecule has 0 aromatic rings. The van der Waals surface area contributed by atoms with Crippen molar-refractivity contribution >= 4 is 5.97 Å². The lowest BCUT2D eigenvalue weighted by Crippen LogP contribution is -2.31. The number of hydrogen-bond acceptors (Lipinski definition) is 2. The van der Waals surface area contributed by atoms with Crippen molar-refractivity contribution in [1.29, 1.82) is 0 Å². The van der Waals surface area contributed by atoms with E-state index in [4.69, 9.17) is 0 Å². The van der Waals surface area contributed by atoms with Crippen molar-refractivity contribution in [1.82, 2.24) is 0 Å². The van der Waals surface area contributed by atoms with Gasteiger partial charge in [-0.15, -0.1) is 0 Å². The molecule has 0 amide bonds. The second-order valence-electron chi connectivity index (χ2n) is 3.25. The van der Waals surface area contributed by atoms with E-state index < -0.39 is 17.6 Å². The molecule has 0 fully saturated rings. The van der Waals surface area contributed by atoms with E-state index in [2.05, 4.69) is 4.74 Å². The fraction of sp³-hybridized carbons (Fsp3) is 0.857. The monoisotopic (exact) mass is 148 g/mol. The molecule has 0 rings (SSSR count). The maximum atomic E-state index is 12.8. The fourth-order valence-electron chi connectivity index (χ4n) is 0.457. The highest BCUT2D eigenvalue weighted by atomic mass is 19.1. The van der Waals surface area contributed by atoms with Crippen LogP contribution in [0.3, 0.4) is 0 Å². The van der Waals surface area contributed by atoms with Gasteiger partial charge in [0.25, 0.3) is 0 Å². The van der Waals surface area contributed by atoms with Crippen molar-refractivity contribution in [3.05, 3.63) is 0 Å². The van der Waals surface area contributed by atoms with Gasteiger partial charge in [-0.05, 0) is 0 Å². The molecule has 0 spiro atoms. The van der Waals surface area contributed by atoms with Crippen LogP contribution in [0.1, 0.15) is 20.8 Å². The molecule has 0 heterocycles. The number of esters is 1. The molecule has 0 N–H and O–H groups in total. The van der Waals surface area contributed by atoms with Gasteiger partial charge < -0.3 is 4.74 Å². The molecule has 0 aromatic heterocycles. The number of ether oxygens (including phenoxy) is 1. The molecule has 3 heteroatoms. The number of carbonyl (C=O) groups is 1. The van der Waals surface area contributed by atoms with Gasteiger partial charge in [0.1, 0.15) is 0 Å². The van der Waals surface area contributed by atoms with Gasteiger partial charge in [0.15, 0.2) is 0 Å². The van der Waals surface area contributed by atoms with E-state index >= 15 is 0 Å². The summed E-state index contributed by atoms with van der Waals surface area (Å²) < 4.78 is 17.1. The first-order chi connectivity index (χ1) is 4.39. The zero-order valence-corrected chi connectivity index (χ0v) is 6.77. The third-order valence-electron chi connectivity index (χ3n) is 1.17. The van der Waals surface area contributed by atoms with Crippen LogP contribution in [0.25, 0.3) is 0 Å². The summed E-state index contributed by atoms with van der Waals surface area (Å²) in [6, 6.07) is 0. The predicted molar refractivity (Wildman–Crippen MR) is 36.4 cm³/mol. The average molecular weight is 148 g/mol. The van der Waals surface area contributed by atoms with Crippen LogP contribution in [0, 0.1) is 5.41 Å². The molecular formula is C7H13FO2. The van der Waals surface area contributed by atoms with Gasteiger partial charge in [-0.2, -0.15) is 0 Å². The van der Waals surface area contributed by atoms with Gasteiger partial charge >= 0.3 is 5.97 Å². The van der Waals surface area contributed by atoms with Gasteiger partial charge in [0.05, 0.1) is 7.11 Å². The second kappa shape index (κ2) is 2.99. The van der Waals surface area contributed by atoms with Crippen LogP contribution < -0.4 is 0 Å². The first-order valence-corrected chi connectivity index (χ1v) is 3.11. The van der Waals surface area contributed by atoms with E-state index in [1.165, 1.54) is 7.11 Å². The highest BCUT2D eigenvalue weighted by Gasteiger charge is 2.31. The minimum atomic E-state index is -1.53. The number of hydrogen-bond donors (Lipinski definition) is 0. The summed E-state index contributed by atoms with van der Waals surface area (Å²) in [7, 11) is 1.18. The number of methoxy groups -OCH3 is 1. The molecule has 1 unspecified atom stereocenters. The van der Waals surface area contributed by atoms with Crippen LogP contribution in [-0.4, -0.2) is 19.3 Å². The van der Waals surface area contributed by atoms with Crippen LogP contribution >= 0.6 is 0 Å². The third-order valence-corrected chi connectivity index (χ3v) is 1.17. The molecule has 10 heavy (non-hydrogen) atoms. The van der Waals surface area contributed by atoms with Gasteiger partial charge in [0, 0.05) is 5.41 Å². The SMILES string of the molecule is COC(=O)C(F)C(C)(C)C. The molecule has 0 aromatic carbocycles. The van der Waals surface area contributed by atoms with E-state index in [-0.39, 0.29) is 0 Å². The van der Waals surface area contributed by atoms with E-state index in [9.17, 15) is 9.18 Å². The Balaban J connectivity index is 4.08. The summed E-state index contributed by atoms with van der Waals surface area (Å²) in [6.07, 6.45) is -1.53. The average Bonchev–Trinajstić information content (AvgIpc) is 1.83. The van der Waals surface area contributed by atoms with E-state index in [0.717, 1.165) is 0 Å². The minimum absolute atomic E-state index is 0.660. The number of rotatable bonds is 1. The lowest BCUT2D eigenvalue weighted by Gasteiger charge is -2.20. The largest absolute Gasteiger partial charge is 0.467 e. The summed E-state index contributed by atoms with van der Waals surface area (Å²) in [5.74, 6) is -0.799. The Bertz CT molecular complexity index is 126. The van der Waals surface area contributed by atoms with Crippen molar-refractivity contribution in [2.24, 2.45) is 5.41 Å². The lowest BCUT2D eigenvalue weighted by molar-refractivity contribution is -0.150. The van der Waals surface area contributed by atoms with Gasteiger partial charge in [-0.3, -0.25) is 0 Å². The van der Waals surface area contributed by atoms with Crippen molar-refractivity contribution in [3.63, 3.8) is 0 Å². The smallest absolute Gasteiger partial charge is 0.340 e. The van der Waals surface area contributed by atoms with Gasteiger partial charge in [-0.25, -0.2) is 9.18 Å². The summed E-state index contributed by atoms with van der Waals surface area (Å²) in [5.41, 5.74) is -0.660. The van der Waals surface area contributed by atoms with Crippen LogP contribution in [0.5, 0.6) is 0 Å². The molecule has 0 saturated heterocycles. The van der Waals surface area contributed by atoms with Crippen molar-refractivity contribution in [2.75, 3.05) is 7.11 Å². The van der Waals surface area contributed by atoms with Crippen molar-refractivity contribution < 1.29 is 13.9 Å². The lowest BCUT2D eigenvalue weighted by atomic mass is 9.90. The molecule has 0 saturated carbocycles. The molecule has 0 aliphatic heterocycles. The minimum Gasteiger partial charge on any atom is -0.467 e. The number of alkyl halides is 1. The van der Waals surface area contributed by atoms with Gasteiger partial charge in [-0.1, -0.05) is 20.8 Å². The van der Waals surface area contributed by atoms with E-state index in [0.29, 0.717) is 0 Å². The van der Waals surface area contributed by atoms with E-state index in [1.807, 2.05) is 0 Å². The zero-order chi connectivity index (χ0) is 8.36. The fourth-order valence-corrected chi connectivity index (χ4v) is 0.457. The third kappa shape index (κ3) is 2.33. The molecule has 0 radical (unpaired) electrons. The predicted octanol–water partition coefficient (Wildman–Crippen LogP) is 1.54. The first-order valence-electron chi connectivity index (χ1n) is 3.11. The van der Waals surface area contributed by atoms with Crippen LogP contribution in [0.15, 0.2) is 0 Å². The summed E-state index contributed by atoms with van der Waals surface area (Å²) in [6.45, 7) is 4.94. The molecule has 2 nitrogen and oxygen atoms in total. The summed E-state index contributed by atoms with van der Waals surface area (Å²) in [4.78, 5) is 10.6. The van der Waals surface area contributed by atoms with Crippen LogP contribution in [-0.2, 0) is 9.53 Å². The maximum Gasteiger partial charge on any atom is 0.340 e. The zero-order valence-electron chi connectivity index (χ0n) is 6.77. The Morgan fingerprint density at radius 2 is 1.90 bits per heavy atom. The first kappa shape index (κ1) is 9.40. The molecular weight excluding hydrogens is 135 g/mol. The molecule has 0 aliphatic rings. The van der Waals surface area contributed by atoms with Crippen molar-refractivity contribution in [3.8, 4) is 0 Å². The Kier molecular flexibility index (Phi) is 2.81.